The molecule has 7 heteroatoms. The van der Waals surface area contributed by atoms with E-state index in [1.807, 2.05) is 54.6 Å². The lowest BCUT2D eigenvalue weighted by Gasteiger charge is -2.34. The Hall–Kier alpha value is -2.64. The molecule has 0 aliphatic carbocycles. The second-order valence-corrected chi connectivity index (χ2v) is 8.41. The minimum Gasteiger partial charge on any atom is -0.369 e. The van der Waals surface area contributed by atoms with Crippen LogP contribution in [0, 0.1) is 0 Å². The lowest BCUT2D eigenvalue weighted by atomic mass is 10.2. The van der Waals surface area contributed by atoms with Crippen LogP contribution >= 0.6 is 0 Å². The molecule has 1 heterocycles. The van der Waals surface area contributed by atoms with Gasteiger partial charge in [-0.05, 0) is 35.9 Å². The van der Waals surface area contributed by atoms with Crippen molar-refractivity contribution in [2.75, 3.05) is 42.7 Å². The lowest BCUT2D eigenvalue weighted by molar-refractivity contribution is -0.111. The summed E-state index contributed by atoms with van der Waals surface area (Å²) in [5.74, 6) is -0.187. The number of carbonyl (C=O) groups excluding carboxylic acids is 1. The summed E-state index contributed by atoms with van der Waals surface area (Å²) in [6.45, 7) is 2.28. The number of hydrogen-bond acceptors (Lipinski definition) is 4. The predicted octanol–water partition coefficient (Wildman–Crippen LogP) is 2.42. The summed E-state index contributed by atoms with van der Waals surface area (Å²) in [5, 5.41) is 2.84. The normalized spacial score (nSPS) is 15.8. The Morgan fingerprint density at radius 1 is 0.963 bits per heavy atom. The molecule has 1 aliphatic heterocycles. The minimum absolute atomic E-state index is 0.187. The largest absolute Gasteiger partial charge is 0.369 e. The first kappa shape index (κ1) is 19.1. The van der Waals surface area contributed by atoms with E-state index in [9.17, 15) is 13.2 Å². The van der Waals surface area contributed by atoms with Gasteiger partial charge in [-0.3, -0.25) is 4.79 Å². The standard InChI is InChI=1S/C20H23N3O3S/c1-27(25,26)23-15-13-22(14-16-23)19-10-8-18(9-11-19)21-20(24)12-7-17-5-3-2-4-6-17/h2-12H,13-16H2,1H3,(H,21,24). The van der Waals surface area contributed by atoms with Crippen molar-refractivity contribution in [3.05, 3.63) is 66.2 Å². The van der Waals surface area contributed by atoms with Gasteiger partial charge in [-0.2, -0.15) is 4.31 Å². The van der Waals surface area contributed by atoms with Crippen LogP contribution < -0.4 is 10.2 Å². The van der Waals surface area contributed by atoms with Crippen molar-refractivity contribution in [2.24, 2.45) is 0 Å². The number of sulfonamides is 1. The average molecular weight is 385 g/mol. The molecule has 0 radical (unpaired) electrons. The van der Waals surface area contributed by atoms with Crippen LogP contribution in [0.5, 0.6) is 0 Å². The Labute approximate surface area is 160 Å². The number of benzene rings is 2. The number of piperazine rings is 1. The van der Waals surface area contributed by atoms with E-state index in [1.165, 1.54) is 16.6 Å². The van der Waals surface area contributed by atoms with Crippen molar-refractivity contribution < 1.29 is 13.2 Å². The maximum Gasteiger partial charge on any atom is 0.248 e. The van der Waals surface area contributed by atoms with E-state index in [0.29, 0.717) is 26.2 Å². The number of carbonyl (C=O) groups is 1. The number of rotatable bonds is 5. The quantitative estimate of drug-likeness (QED) is 0.803. The summed E-state index contributed by atoms with van der Waals surface area (Å²) in [7, 11) is -3.12. The van der Waals surface area contributed by atoms with Crippen LogP contribution in [-0.4, -0.2) is 51.1 Å². The topological polar surface area (TPSA) is 69.7 Å². The fourth-order valence-electron chi connectivity index (χ4n) is 2.95. The van der Waals surface area contributed by atoms with E-state index in [-0.39, 0.29) is 5.91 Å². The first-order valence-corrected chi connectivity index (χ1v) is 10.6. The van der Waals surface area contributed by atoms with Crippen LogP contribution in [0.2, 0.25) is 0 Å². The molecular weight excluding hydrogens is 362 g/mol. The molecular formula is C20H23N3O3S. The zero-order valence-corrected chi connectivity index (χ0v) is 16.0. The van der Waals surface area contributed by atoms with Gasteiger partial charge in [0.05, 0.1) is 6.26 Å². The highest BCUT2D eigenvalue weighted by molar-refractivity contribution is 7.88. The Morgan fingerprint density at radius 2 is 1.59 bits per heavy atom. The molecule has 2 aromatic rings. The van der Waals surface area contributed by atoms with E-state index in [1.54, 1.807) is 6.08 Å². The zero-order chi connectivity index (χ0) is 19.3. The van der Waals surface area contributed by atoms with Crippen LogP contribution in [-0.2, 0) is 14.8 Å². The Bertz CT molecular complexity index is 901. The van der Waals surface area contributed by atoms with Gasteiger partial charge in [-0.1, -0.05) is 30.3 Å². The van der Waals surface area contributed by atoms with Gasteiger partial charge in [0.1, 0.15) is 0 Å². The summed E-state index contributed by atoms with van der Waals surface area (Å²) < 4.78 is 24.7. The van der Waals surface area contributed by atoms with Crippen molar-refractivity contribution in [3.8, 4) is 0 Å². The molecule has 1 saturated heterocycles. The SMILES string of the molecule is CS(=O)(=O)N1CCN(c2ccc(NC(=O)C=Cc3ccccc3)cc2)CC1. The third-order valence-electron chi connectivity index (χ3n) is 4.43. The highest BCUT2D eigenvalue weighted by Gasteiger charge is 2.23. The maximum atomic E-state index is 12.0. The molecule has 6 nitrogen and oxygen atoms in total. The van der Waals surface area contributed by atoms with E-state index < -0.39 is 10.0 Å². The summed E-state index contributed by atoms with van der Waals surface area (Å²) >= 11 is 0. The highest BCUT2D eigenvalue weighted by atomic mass is 32.2. The number of nitrogens with one attached hydrogen (secondary N) is 1. The molecule has 0 saturated carbocycles. The van der Waals surface area contributed by atoms with Crippen LogP contribution in [0.4, 0.5) is 11.4 Å². The third-order valence-corrected chi connectivity index (χ3v) is 5.74. The molecule has 27 heavy (non-hydrogen) atoms. The molecule has 0 aromatic heterocycles. The van der Waals surface area contributed by atoms with Crippen molar-refractivity contribution in [1.82, 2.24) is 4.31 Å². The van der Waals surface area contributed by atoms with Gasteiger partial charge in [0.2, 0.25) is 15.9 Å². The number of anilines is 2. The Balaban J connectivity index is 1.55. The van der Waals surface area contributed by atoms with Gasteiger partial charge >= 0.3 is 0 Å². The summed E-state index contributed by atoms with van der Waals surface area (Å²) in [6, 6.07) is 17.2. The first-order valence-electron chi connectivity index (χ1n) is 8.76. The highest BCUT2D eigenvalue weighted by Crippen LogP contribution is 2.20. The average Bonchev–Trinajstić information content (AvgIpc) is 2.67. The first-order chi connectivity index (χ1) is 12.9. The fourth-order valence-corrected chi connectivity index (χ4v) is 3.78. The Morgan fingerprint density at radius 3 is 2.19 bits per heavy atom. The van der Waals surface area contributed by atoms with Crippen LogP contribution in [0.3, 0.4) is 0 Å². The van der Waals surface area contributed by atoms with E-state index in [0.717, 1.165) is 16.9 Å². The van der Waals surface area contributed by atoms with Crippen molar-refractivity contribution >= 4 is 33.4 Å². The number of amides is 1. The smallest absolute Gasteiger partial charge is 0.248 e. The fraction of sp³-hybridized carbons (Fsp3) is 0.250. The second-order valence-electron chi connectivity index (χ2n) is 6.43. The van der Waals surface area contributed by atoms with E-state index >= 15 is 0 Å². The third kappa shape index (κ3) is 5.42. The molecule has 1 N–H and O–H groups in total. The van der Waals surface area contributed by atoms with Gasteiger partial charge in [0.15, 0.2) is 0 Å². The predicted molar refractivity (Wildman–Crippen MR) is 109 cm³/mol. The van der Waals surface area contributed by atoms with Crippen molar-refractivity contribution in [2.45, 2.75) is 0 Å². The summed E-state index contributed by atoms with van der Waals surface area (Å²) in [6.07, 6.45) is 4.52. The second kappa shape index (κ2) is 8.37. The van der Waals surface area contributed by atoms with Gasteiger partial charge < -0.3 is 10.2 Å². The Kier molecular flexibility index (Phi) is 5.93. The molecule has 0 spiro atoms. The molecule has 1 fully saturated rings. The molecule has 0 atom stereocenters. The van der Waals surface area contributed by atoms with Crippen molar-refractivity contribution in [1.29, 1.82) is 0 Å². The van der Waals surface area contributed by atoms with Gasteiger partial charge in [0, 0.05) is 43.6 Å². The van der Waals surface area contributed by atoms with E-state index in [4.69, 9.17) is 0 Å². The molecule has 2 aromatic carbocycles. The van der Waals surface area contributed by atoms with Crippen molar-refractivity contribution in [3.63, 3.8) is 0 Å². The minimum atomic E-state index is -3.12. The molecule has 0 unspecified atom stereocenters. The molecule has 142 valence electrons. The van der Waals surface area contributed by atoms with E-state index in [2.05, 4.69) is 10.2 Å². The number of hydrogen-bond donors (Lipinski definition) is 1. The molecule has 0 bridgehead atoms. The van der Waals surface area contributed by atoms with Gasteiger partial charge in [-0.25, -0.2) is 8.42 Å². The monoisotopic (exact) mass is 385 g/mol. The zero-order valence-electron chi connectivity index (χ0n) is 15.2. The van der Waals surface area contributed by atoms with Crippen LogP contribution in [0.15, 0.2) is 60.7 Å². The molecule has 1 aliphatic rings. The van der Waals surface area contributed by atoms with Gasteiger partial charge in [-0.15, -0.1) is 0 Å². The maximum absolute atomic E-state index is 12.0. The summed E-state index contributed by atoms with van der Waals surface area (Å²) in [4.78, 5) is 14.2. The number of nitrogens with zero attached hydrogens (tertiary/aromatic N) is 2. The molecule has 1 amide bonds. The molecule has 3 rings (SSSR count). The summed E-state index contributed by atoms with van der Waals surface area (Å²) in [5.41, 5.74) is 2.70. The van der Waals surface area contributed by atoms with Crippen LogP contribution in [0.25, 0.3) is 6.08 Å². The van der Waals surface area contributed by atoms with Gasteiger partial charge in [0.25, 0.3) is 0 Å². The lowest BCUT2D eigenvalue weighted by Crippen LogP contribution is -2.48. The van der Waals surface area contributed by atoms with Crippen LogP contribution in [0.1, 0.15) is 5.56 Å².